The molecule has 14 rings (SSSR count). The molecule has 12 aromatic carbocycles. The van der Waals surface area contributed by atoms with E-state index in [1.165, 1.54) is 143 Å². The average Bonchev–Trinajstić information content (AvgIpc) is 3.44. The van der Waals surface area contributed by atoms with Crippen LogP contribution in [-0.2, 0) is 0 Å². The Morgan fingerprint density at radius 3 is 0.861 bits per heavy atom. The standard InChI is InChI=1S/C70H52B2/c1-43(2)55-39-57-53-31-17-19-37-61(53)72(70-51(47-27-13-7-14-28-47)35-22-36-52(70)48-29-15-8-16-30-48)64-42-60-56(44(3)4)40-58-54-32-18-20-38-62(54)71(63-41-59(55)67(65(57)64)68(60)66(58)63)69-49(45-23-9-5-10-24-45)33-21-34-50(69)46-25-11-6-12-26-46/h5-44H,1-4H3. The van der Waals surface area contributed by atoms with Gasteiger partial charge in [-0.1, -0.05) is 279 Å². The summed E-state index contributed by atoms with van der Waals surface area (Å²) >= 11 is 0. The molecule has 0 spiro atoms. The molecule has 72 heavy (non-hydrogen) atoms. The summed E-state index contributed by atoms with van der Waals surface area (Å²) in [5.74, 6) is 0.564. The van der Waals surface area contributed by atoms with E-state index in [0.29, 0.717) is 0 Å². The normalized spacial score (nSPS) is 12.6. The van der Waals surface area contributed by atoms with Gasteiger partial charge in [-0.15, -0.1) is 0 Å². The zero-order valence-electron chi connectivity index (χ0n) is 41.2. The third kappa shape index (κ3) is 6.34. The number of hydrogen-bond acceptors (Lipinski definition) is 0. The first kappa shape index (κ1) is 42.7. The molecule has 0 bridgehead atoms. The molecule has 338 valence electrons. The van der Waals surface area contributed by atoms with E-state index in [1.54, 1.807) is 0 Å². The molecule has 0 saturated heterocycles. The molecule has 0 aromatic heterocycles. The van der Waals surface area contributed by atoms with Crippen molar-refractivity contribution in [3.63, 3.8) is 0 Å². The first-order chi connectivity index (χ1) is 35.4. The van der Waals surface area contributed by atoms with Crippen LogP contribution < -0.4 is 32.8 Å². The second-order valence-electron chi connectivity index (χ2n) is 20.9. The number of hydrogen-bond donors (Lipinski definition) is 0. The lowest BCUT2D eigenvalue weighted by atomic mass is 9.31. The van der Waals surface area contributed by atoms with Crippen LogP contribution in [0.3, 0.4) is 0 Å². The van der Waals surface area contributed by atoms with Gasteiger partial charge in [0.2, 0.25) is 13.4 Å². The molecule has 12 aromatic rings. The van der Waals surface area contributed by atoms with Crippen LogP contribution in [0.1, 0.15) is 50.7 Å². The van der Waals surface area contributed by atoms with E-state index < -0.39 is 0 Å². The van der Waals surface area contributed by atoms with E-state index in [4.69, 9.17) is 0 Å². The van der Waals surface area contributed by atoms with E-state index >= 15 is 0 Å². The van der Waals surface area contributed by atoms with Crippen molar-refractivity contribution >= 4 is 78.5 Å². The number of fused-ring (bicyclic) bond motifs is 4. The highest BCUT2D eigenvalue weighted by Crippen LogP contribution is 2.48. The molecule has 0 aliphatic carbocycles. The van der Waals surface area contributed by atoms with Crippen LogP contribution in [0.4, 0.5) is 0 Å². The highest BCUT2D eigenvalue weighted by atomic mass is 14.3. The zero-order valence-corrected chi connectivity index (χ0v) is 41.2. The van der Waals surface area contributed by atoms with E-state index in [1.807, 2.05) is 0 Å². The first-order valence-corrected chi connectivity index (χ1v) is 26.0. The van der Waals surface area contributed by atoms with Crippen molar-refractivity contribution in [2.75, 3.05) is 0 Å². The highest BCUT2D eigenvalue weighted by molar-refractivity contribution is 7.01. The molecular weight excluding hydrogens is 862 g/mol. The summed E-state index contributed by atoms with van der Waals surface area (Å²) in [6.45, 7) is 9.54. The molecule has 0 saturated carbocycles. The van der Waals surface area contributed by atoms with Crippen molar-refractivity contribution in [1.82, 2.24) is 0 Å². The summed E-state index contributed by atoms with van der Waals surface area (Å²) in [4.78, 5) is 0. The second kappa shape index (κ2) is 16.7. The largest absolute Gasteiger partial charge is 0.244 e. The Bertz CT molecular complexity index is 3700. The smallest absolute Gasteiger partial charge is 0.0664 e. The minimum Gasteiger partial charge on any atom is -0.0664 e. The van der Waals surface area contributed by atoms with Gasteiger partial charge in [-0.05, 0) is 134 Å². The molecule has 0 atom stereocenters. The molecule has 2 aliphatic rings. The molecule has 0 radical (unpaired) electrons. The molecule has 2 heteroatoms. The molecule has 0 N–H and O–H groups in total. The van der Waals surface area contributed by atoms with Gasteiger partial charge < -0.3 is 0 Å². The maximum Gasteiger partial charge on any atom is 0.244 e. The predicted octanol–water partition coefficient (Wildman–Crippen LogP) is 14.5. The predicted molar refractivity (Wildman–Crippen MR) is 313 cm³/mol. The minimum atomic E-state index is -0.0384. The van der Waals surface area contributed by atoms with Gasteiger partial charge in [0, 0.05) is 0 Å². The fraction of sp³-hybridized carbons (Fsp3) is 0.0857. The van der Waals surface area contributed by atoms with Gasteiger partial charge in [0.15, 0.2) is 0 Å². The Hall–Kier alpha value is -8.19. The Balaban J connectivity index is 1.18. The lowest BCUT2D eigenvalue weighted by Crippen LogP contribution is -2.57. The van der Waals surface area contributed by atoms with Crippen molar-refractivity contribution in [2.45, 2.75) is 39.5 Å². The minimum absolute atomic E-state index is 0.0384. The highest BCUT2D eigenvalue weighted by Gasteiger charge is 2.41. The van der Waals surface area contributed by atoms with Gasteiger partial charge in [-0.2, -0.15) is 0 Å². The van der Waals surface area contributed by atoms with Crippen molar-refractivity contribution in [1.29, 1.82) is 0 Å². The van der Waals surface area contributed by atoms with Crippen LogP contribution in [-0.4, -0.2) is 13.4 Å². The van der Waals surface area contributed by atoms with Gasteiger partial charge in [0.25, 0.3) is 0 Å². The summed E-state index contributed by atoms with van der Waals surface area (Å²) in [6, 6.07) is 87.6. The van der Waals surface area contributed by atoms with Gasteiger partial charge >= 0.3 is 0 Å². The summed E-state index contributed by atoms with van der Waals surface area (Å²) in [6.07, 6.45) is 0. The Morgan fingerprint density at radius 1 is 0.250 bits per heavy atom. The molecule has 0 unspecified atom stereocenters. The topological polar surface area (TPSA) is 0 Å². The maximum absolute atomic E-state index is 2.68. The Labute approximate surface area is 424 Å². The fourth-order valence-corrected chi connectivity index (χ4v) is 13.3. The maximum atomic E-state index is 2.68. The third-order valence-corrected chi connectivity index (χ3v) is 16.3. The van der Waals surface area contributed by atoms with Crippen LogP contribution in [0.5, 0.6) is 0 Å². The van der Waals surface area contributed by atoms with Crippen LogP contribution in [0.2, 0.25) is 0 Å². The van der Waals surface area contributed by atoms with Crippen LogP contribution >= 0.6 is 0 Å². The number of benzene rings is 12. The van der Waals surface area contributed by atoms with Gasteiger partial charge in [0.05, 0.1) is 0 Å². The molecule has 0 amide bonds. The number of rotatable bonds is 8. The summed E-state index contributed by atoms with van der Waals surface area (Å²) in [5.41, 5.74) is 26.5. The van der Waals surface area contributed by atoms with Crippen LogP contribution in [0, 0.1) is 0 Å². The van der Waals surface area contributed by atoms with E-state index in [9.17, 15) is 0 Å². The Kier molecular flexibility index (Phi) is 9.91. The summed E-state index contributed by atoms with van der Waals surface area (Å²) in [7, 11) is 0. The molecular formula is C70H52B2. The van der Waals surface area contributed by atoms with Crippen molar-refractivity contribution in [2.24, 2.45) is 0 Å². The van der Waals surface area contributed by atoms with Gasteiger partial charge in [0.1, 0.15) is 0 Å². The molecule has 2 aliphatic heterocycles. The van der Waals surface area contributed by atoms with Crippen molar-refractivity contribution in [3.8, 4) is 66.8 Å². The fourth-order valence-electron chi connectivity index (χ4n) is 13.3. The SMILES string of the molecule is CC(C)c1cc2c3c(cc4c(C(C)C)cc5c6c(cc1c3c46)B(c1c(-c3ccccc3)cccc1-c1ccccc1)c1ccccc1-5)B(c1c(-c3ccccc3)cccc1-c1ccccc1)c1ccccc1-2. The Morgan fingerprint density at radius 2 is 0.542 bits per heavy atom. The van der Waals surface area contributed by atoms with Crippen molar-refractivity contribution < 1.29 is 0 Å². The first-order valence-electron chi connectivity index (χ1n) is 26.0. The third-order valence-electron chi connectivity index (χ3n) is 16.3. The van der Waals surface area contributed by atoms with E-state index in [-0.39, 0.29) is 25.3 Å². The lowest BCUT2D eigenvalue weighted by Gasteiger charge is -2.36. The van der Waals surface area contributed by atoms with Crippen LogP contribution in [0.25, 0.3) is 99.1 Å². The monoisotopic (exact) mass is 914 g/mol. The summed E-state index contributed by atoms with van der Waals surface area (Å²) in [5, 5.41) is 8.40. The second-order valence-corrected chi connectivity index (χ2v) is 20.9. The lowest BCUT2D eigenvalue weighted by molar-refractivity contribution is 0.876. The molecule has 2 heterocycles. The summed E-state index contributed by atoms with van der Waals surface area (Å²) < 4.78 is 0. The quantitative estimate of drug-likeness (QED) is 0.105. The van der Waals surface area contributed by atoms with Crippen molar-refractivity contribution in [3.05, 3.63) is 242 Å². The van der Waals surface area contributed by atoms with Gasteiger partial charge in [-0.25, -0.2) is 0 Å². The molecule has 0 fully saturated rings. The van der Waals surface area contributed by atoms with E-state index in [0.717, 1.165) is 0 Å². The van der Waals surface area contributed by atoms with E-state index in [2.05, 4.69) is 258 Å². The average molecular weight is 915 g/mol. The zero-order chi connectivity index (χ0) is 48.2. The van der Waals surface area contributed by atoms with Gasteiger partial charge in [-0.3, -0.25) is 0 Å². The molecule has 0 nitrogen and oxygen atoms in total. The van der Waals surface area contributed by atoms with Crippen LogP contribution in [0.15, 0.2) is 231 Å².